The van der Waals surface area contributed by atoms with Crippen molar-refractivity contribution in [2.75, 3.05) is 0 Å². The third kappa shape index (κ3) is 1.73. The Bertz CT molecular complexity index is 499. The zero-order valence-corrected chi connectivity index (χ0v) is 8.58. The zero-order chi connectivity index (χ0) is 10.8. The molecule has 1 aromatic carbocycles. The Morgan fingerprint density at radius 2 is 2.27 bits per heavy atom. The molecule has 0 amide bonds. The van der Waals surface area contributed by atoms with Crippen molar-refractivity contribution in [1.29, 1.82) is 0 Å². The summed E-state index contributed by atoms with van der Waals surface area (Å²) in [6, 6.07) is 7.06. The van der Waals surface area contributed by atoms with E-state index in [9.17, 15) is 9.90 Å². The maximum atomic E-state index is 11.8. The number of aromatic hydroxyl groups is 1. The van der Waals surface area contributed by atoms with Gasteiger partial charge in [0, 0.05) is 29.0 Å². The number of aromatic amines is 1. The Hall–Kier alpha value is -1.77. The van der Waals surface area contributed by atoms with Crippen molar-refractivity contribution in [2.45, 2.75) is 19.8 Å². The summed E-state index contributed by atoms with van der Waals surface area (Å²) < 4.78 is 0. The van der Waals surface area contributed by atoms with Crippen LogP contribution in [-0.4, -0.2) is 15.9 Å². The molecule has 3 heteroatoms. The van der Waals surface area contributed by atoms with Crippen molar-refractivity contribution in [2.24, 2.45) is 0 Å². The lowest BCUT2D eigenvalue weighted by atomic mass is 10.0. The summed E-state index contributed by atoms with van der Waals surface area (Å²) in [4.78, 5) is 14.6. The largest absolute Gasteiger partial charge is 0.495 e. The summed E-state index contributed by atoms with van der Waals surface area (Å²) in [6.45, 7) is 1.98. The van der Waals surface area contributed by atoms with Crippen molar-refractivity contribution in [3.63, 3.8) is 0 Å². The van der Waals surface area contributed by atoms with E-state index in [4.69, 9.17) is 0 Å². The van der Waals surface area contributed by atoms with E-state index in [-0.39, 0.29) is 11.7 Å². The molecule has 78 valence electrons. The number of carbonyl (C=O) groups is 1. The molecule has 0 atom stereocenters. The Kier molecular flexibility index (Phi) is 2.46. The van der Waals surface area contributed by atoms with Crippen LogP contribution < -0.4 is 0 Å². The minimum atomic E-state index is 0.0988. The van der Waals surface area contributed by atoms with Crippen molar-refractivity contribution in [1.82, 2.24) is 4.98 Å². The first-order chi connectivity index (χ1) is 7.22. The Balaban J connectivity index is 2.55. The third-order valence-electron chi connectivity index (χ3n) is 2.43. The SMILES string of the molecule is CCCC(=O)c1cccc2[nH]c(O)cc12. The van der Waals surface area contributed by atoms with Gasteiger partial charge in [0.15, 0.2) is 11.7 Å². The van der Waals surface area contributed by atoms with Crippen LogP contribution in [0.5, 0.6) is 5.88 Å². The number of Topliss-reactive ketones (excluding diaryl/α,β-unsaturated/α-hetero) is 1. The van der Waals surface area contributed by atoms with E-state index in [1.165, 1.54) is 0 Å². The average Bonchev–Trinajstić information content (AvgIpc) is 2.57. The van der Waals surface area contributed by atoms with Gasteiger partial charge in [0.25, 0.3) is 0 Å². The van der Waals surface area contributed by atoms with Gasteiger partial charge in [-0.2, -0.15) is 0 Å². The highest BCUT2D eigenvalue weighted by atomic mass is 16.3. The van der Waals surface area contributed by atoms with E-state index in [0.29, 0.717) is 12.0 Å². The van der Waals surface area contributed by atoms with Gasteiger partial charge in [-0.25, -0.2) is 0 Å². The van der Waals surface area contributed by atoms with Crippen LogP contribution in [0.15, 0.2) is 24.3 Å². The van der Waals surface area contributed by atoms with Gasteiger partial charge in [0.1, 0.15) is 0 Å². The fourth-order valence-electron chi connectivity index (χ4n) is 1.75. The van der Waals surface area contributed by atoms with Gasteiger partial charge in [-0.05, 0) is 12.5 Å². The molecule has 2 rings (SSSR count). The number of rotatable bonds is 3. The predicted octanol–water partition coefficient (Wildman–Crippen LogP) is 2.86. The molecule has 2 aromatic rings. The molecule has 1 aromatic heterocycles. The van der Waals surface area contributed by atoms with Crippen LogP contribution in [-0.2, 0) is 0 Å². The van der Waals surface area contributed by atoms with E-state index >= 15 is 0 Å². The van der Waals surface area contributed by atoms with Gasteiger partial charge in [-0.1, -0.05) is 19.1 Å². The maximum Gasteiger partial charge on any atom is 0.189 e. The molecule has 3 nitrogen and oxygen atoms in total. The summed E-state index contributed by atoms with van der Waals surface area (Å²) in [5, 5.41) is 10.1. The number of carbonyl (C=O) groups excluding carboxylic acids is 1. The molecule has 0 saturated heterocycles. The van der Waals surface area contributed by atoms with Gasteiger partial charge in [0.2, 0.25) is 0 Å². The van der Waals surface area contributed by atoms with Crippen molar-refractivity contribution >= 4 is 16.7 Å². The van der Waals surface area contributed by atoms with Crippen LogP contribution in [0.25, 0.3) is 10.9 Å². The summed E-state index contributed by atoms with van der Waals surface area (Å²) in [5.41, 5.74) is 1.49. The van der Waals surface area contributed by atoms with Gasteiger partial charge in [0.05, 0.1) is 0 Å². The quantitative estimate of drug-likeness (QED) is 0.753. The first-order valence-electron chi connectivity index (χ1n) is 5.06. The number of ketones is 1. The number of hydrogen-bond donors (Lipinski definition) is 2. The average molecular weight is 203 g/mol. The molecule has 0 aliphatic heterocycles. The monoisotopic (exact) mass is 203 g/mol. The fourth-order valence-corrected chi connectivity index (χ4v) is 1.75. The van der Waals surface area contributed by atoms with E-state index < -0.39 is 0 Å². The molecule has 0 fully saturated rings. The van der Waals surface area contributed by atoms with E-state index in [0.717, 1.165) is 17.3 Å². The number of benzene rings is 1. The van der Waals surface area contributed by atoms with Crippen molar-refractivity contribution < 1.29 is 9.90 Å². The third-order valence-corrected chi connectivity index (χ3v) is 2.43. The van der Waals surface area contributed by atoms with E-state index in [2.05, 4.69) is 4.98 Å². The van der Waals surface area contributed by atoms with Gasteiger partial charge in [-0.3, -0.25) is 4.79 Å². The lowest BCUT2D eigenvalue weighted by Gasteiger charge is -2.00. The lowest BCUT2D eigenvalue weighted by Crippen LogP contribution is -1.98. The fraction of sp³-hybridized carbons (Fsp3) is 0.250. The molecule has 0 saturated carbocycles. The predicted molar refractivity (Wildman–Crippen MR) is 59.2 cm³/mol. The minimum Gasteiger partial charge on any atom is -0.495 e. The Morgan fingerprint density at radius 1 is 1.47 bits per heavy atom. The maximum absolute atomic E-state index is 11.8. The molecule has 0 unspecified atom stereocenters. The highest BCUT2D eigenvalue weighted by Gasteiger charge is 2.10. The first-order valence-corrected chi connectivity index (χ1v) is 5.06. The van der Waals surface area contributed by atoms with E-state index in [1.807, 2.05) is 19.1 Å². The molecule has 0 aliphatic carbocycles. The first kappa shape index (κ1) is 9.77. The second kappa shape index (κ2) is 3.77. The molecule has 1 heterocycles. The second-order valence-corrected chi connectivity index (χ2v) is 3.59. The topological polar surface area (TPSA) is 53.1 Å². The number of aromatic nitrogens is 1. The van der Waals surface area contributed by atoms with Crippen LogP contribution in [0.4, 0.5) is 0 Å². The normalized spacial score (nSPS) is 10.7. The Morgan fingerprint density at radius 3 is 3.00 bits per heavy atom. The van der Waals surface area contributed by atoms with Crippen LogP contribution in [0.1, 0.15) is 30.1 Å². The summed E-state index contributed by atoms with van der Waals surface area (Å²) >= 11 is 0. The van der Waals surface area contributed by atoms with Crippen LogP contribution in [0, 0.1) is 0 Å². The number of nitrogens with one attached hydrogen (secondary N) is 1. The van der Waals surface area contributed by atoms with Crippen molar-refractivity contribution in [3.05, 3.63) is 29.8 Å². The van der Waals surface area contributed by atoms with Gasteiger partial charge in [-0.15, -0.1) is 0 Å². The zero-order valence-electron chi connectivity index (χ0n) is 8.58. The lowest BCUT2D eigenvalue weighted by molar-refractivity contribution is 0.0983. The summed E-state index contributed by atoms with van der Waals surface area (Å²) in [5.74, 6) is 0.226. The number of hydrogen-bond acceptors (Lipinski definition) is 2. The number of fused-ring (bicyclic) bond motifs is 1. The van der Waals surface area contributed by atoms with Crippen LogP contribution in [0.3, 0.4) is 0 Å². The summed E-state index contributed by atoms with van der Waals surface area (Å²) in [7, 11) is 0. The van der Waals surface area contributed by atoms with Crippen LogP contribution >= 0.6 is 0 Å². The minimum absolute atomic E-state index is 0.0988. The molecule has 0 bridgehead atoms. The Labute approximate surface area is 87.7 Å². The highest BCUT2D eigenvalue weighted by Crippen LogP contribution is 2.24. The second-order valence-electron chi connectivity index (χ2n) is 3.59. The molecule has 0 aliphatic rings. The molecule has 0 radical (unpaired) electrons. The molecular formula is C12H13NO2. The molecular weight excluding hydrogens is 190 g/mol. The molecule has 0 spiro atoms. The molecule has 15 heavy (non-hydrogen) atoms. The van der Waals surface area contributed by atoms with Crippen molar-refractivity contribution in [3.8, 4) is 5.88 Å². The highest BCUT2D eigenvalue weighted by molar-refractivity contribution is 6.07. The van der Waals surface area contributed by atoms with Gasteiger partial charge >= 0.3 is 0 Å². The standard InChI is InChI=1S/C12H13NO2/c1-2-4-11(14)8-5-3-6-10-9(8)7-12(15)13-10/h3,5-7,13,15H,2,4H2,1H3. The van der Waals surface area contributed by atoms with E-state index in [1.54, 1.807) is 12.1 Å². The molecule has 2 N–H and O–H groups in total. The number of H-pyrrole nitrogens is 1. The van der Waals surface area contributed by atoms with Crippen LogP contribution in [0.2, 0.25) is 0 Å². The smallest absolute Gasteiger partial charge is 0.189 e. The van der Waals surface area contributed by atoms with Gasteiger partial charge < -0.3 is 10.1 Å². The summed E-state index contributed by atoms with van der Waals surface area (Å²) in [6.07, 6.45) is 1.39.